The molecule has 1 aromatic carbocycles. The van der Waals surface area contributed by atoms with Crippen molar-refractivity contribution < 1.29 is 28.8 Å². The van der Waals surface area contributed by atoms with E-state index in [-0.39, 0.29) is 48.8 Å². The Morgan fingerprint density at radius 3 is 2.29 bits per heavy atom. The first kappa shape index (κ1) is 35.7. The quantitative estimate of drug-likeness (QED) is 0.0890. The van der Waals surface area contributed by atoms with E-state index >= 15 is 0 Å². The molecule has 2 aromatic heterocycles. The number of H-pyrrole nitrogens is 1. The van der Waals surface area contributed by atoms with E-state index in [2.05, 4.69) is 30.8 Å². The Hall–Kier alpha value is -5.15. The van der Waals surface area contributed by atoms with Gasteiger partial charge in [-0.15, -0.1) is 0 Å². The molecule has 3 aromatic rings. The van der Waals surface area contributed by atoms with Gasteiger partial charge in [-0.3, -0.25) is 14.6 Å². The second-order valence-corrected chi connectivity index (χ2v) is 14.8. The summed E-state index contributed by atoms with van der Waals surface area (Å²) in [5, 5.41) is 20.3. The number of hydrogen-bond acceptors (Lipinski definition) is 10. The van der Waals surface area contributed by atoms with Gasteiger partial charge in [0, 0.05) is 44.1 Å². The first-order valence-corrected chi connectivity index (χ1v) is 17.6. The number of carbonyl (C=O) groups excluding carboxylic acids is 3. The van der Waals surface area contributed by atoms with E-state index in [1.54, 1.807) is 38.5 Å². The number of primary amides is 1. The molecule has 4 bridgehead atoms. The number of nitrogens with one attached hydrogen (secondary N) is 3. The van der Waals surface area contributed by atoms with Gasteiger partial charge in [0.1, 0.15) is 17.8 Å². The lowest BCUT2D eigenvalue weighted by Crippen LogP contribution is -2.52. The predicted octanol–water partition coefficient (Wildman–Crippen LogP) is 2.13. The number of aliphatic imine (C=N–C) groups is 1. The maximum Gasteiger partial charge on any atom is 0.405 e. The van der Waals surface area contributed by atoms with Crippen molar-refractivity contribution in [1.82, 2.24) is 30.7 Å². The van der Waals surface area contributed by atoms with Crippen molar-refractivity contribution >= 4 is 23.9 Å². The van der Waals surface area contributed by atoms with Gasteiger partial charge in [0.25, 0.3) is 5.91 Å². The lowest BCUT2D eigenvalue weighted by molar-refractivity contribution is -0.134. The fraction of sp³-hybridized carbons (Fsp3) is 0.571. The Balaban J connectivity index is 1.24. The van der Waals surface area contributed by atoms with E-state index in [0.717, 1.165) is 46.6 Å². The van der Waals surface area contributed by atoms with Crippen LogP contribution in [-0.2, 0) is 33.6 Å². The van der Waals surface area contributed by atoms with Gasteiger partial charge in [-0.2, -0.15) is 4.98 Å². The Labute approximate surface area is 295 Å². The van der Waals surface area contributed by atoms with E-state index in [1.807, 2.05) is 0 Å². The summed E-state index contributed by atoms with van der Waals surface area (Å²) < 4.78 is 10.9. The number of carbonyl (C=O) groups is 3. The van der Waals surface area contributed by atoms with Crippen LogP contribution in [0, 0.1) is 37.0 Å². The molecule has 0 radical (unpaired) electrons. The summed E-state index contributed by atoms with van der Waals surface area (Å²) >= 11 is 0. The average molecular weight is 705 g/mol. The maximum atomic E-state index is 14.3. The molecule has 2 heterocycles. The van der Waals surface area contributed by atoms with E-state index in [9.17, 15) is 19.5 Å². The number of guanidine groups is 1. The number of aromatic hydroxyl groups is 1. The number of phenolic OH excluding ortho intramolecular Hbond substituents is 1. The number of amides is 3. The summed E-state index contributed by atoms with van der Waals surface area (Å²) in [7, 11) is 0. The number of aromatic amines is 1. The second kappa shape index (κ2) is 15.0. The third-order valence-corrected chi connectivity index (χ3v) is 10.7. The predicted molar refractivity (Wildman–Crippen MR) is 185 cm³/mol. The molecule has 274 valence electrons. The molecule has 0 spiro atoms. The Morgan fingerprint density at radius 1 is 1.04 bits per heavy atom. The number of phenols is 1. The third kappa shape index (κ3) is 8.78. The van der Waals surface area contributed by atoms with Crippen molar-refractivity contribution in [2.45, 2.75) is 96.2 Å². The van der Waals surface area contributed by atoms with Crippen molar-refractivity contribution in [2.24, 2.45) is 45.4 Å². The van der Waals surface area contributed by atoms with Crippen molar-refractivity contribution in [3.05, 3.63) is 58.8 Å². The minimum atomic E-state index is -1.38. The number of nitrogens with two attached hydrogens (primary N) is 3. The van der Waals surface area contributed by atoms with Crippen molar-refractivity contribution in [1.29, 1.82) is 0 Å². The number of nitrogens with zero attached hydrogens (tertiary/aromatic N) is 4. The minimum absolute atomic E-state index is 0.0320. The summed E-state index contributed by atoms with van der Waals surface area (Å²) in [4.78, 5) is 55.4. The molecule has 4 fully saturated rings. The van der Waals surface area contributed by atoms with Crippen LogP contribution in [0.1, 0.15) is 85.1 Å². The largest absolute Gasteiger partial charge is 0.508 e. The van der Waals surface area contributed by atoms with Crippen molar-refractivity contribution in [3.8, 4) is 5.75 Å². The molecule has 4 aliphatic carbocycles. The number of hydrogen-bond donors (Lipinski definition) is 7. The Bertz CT molecular complexity index is 1690. The third-order valence-electron chi connectivity index (χ3n) is 10.7. The zero-order valence-corrected chi connectivity index (χ0v) is 29.1. The number of aromatic nitrogens is 4. The van der Waals surface area contributed by atoms with Gasteiger partial charge in [-0.25, -0.2) is 9.78 Å². The number of aryl methyl sites for hydroxylation is 2. The standard InChI is InChI=1S/C35H48N10O6/c1-18-5-24(46)6-19(2)25(18)11-26(42-31(48)28(50-34(38)49)3-4-40-33(36)37)30(47)43-27(10-23-16-39-17-41-23)32-44-29(45-51-32)15-35-12-20-7-21(13-35)9-22(8-20)14-35/h5-6,16-17,20-22,26-28,46H,3-4,7-15H2,1-2H3,(H2,38,49)(H,39,41)(H,42,48)(H,43,47)(H4,36,37,40). The SMILES string of the molecule is Cc1cc(O)cc(C)c1CC(NC(=O)C(CCN=C(N)N)OC(N)=O)C(=O)NC(Cc1cnc[nH]1)c1nc(CC23CC4CC(CC(C4)C2)C3)no1. The van der Waals surface area contributed by atoms with Crippen molar-refractivity contribution in [3.63, 3.8) is 0 Å². The molecule has 4 aliphatic rings. The molecule has 7 rings (SSSR count). The van der Waals surface area contributed by atoms with Gasteiger partial charge >= 0.3 is 6.09 Å². The van der Waals surface area contributed by atoms with Gasteiger partial charge in [0.15, 0.2) is 17.9 Å². The molecule has 10 N–H and O–H groups in total. The van der Waals surface area contributed by atoms with Crippen LogP contribution in [0.4, 0.5) is 4.79 Å². The highest BCUT2D eigenvalue weighted by atomic mass is 16.6. The van der Waals surface area contributed by atoms with Gasteiger partial charge in [-0.1, -0.05) is 5.16 Å². The van der Waals surface area contributed by atoms with E-state index in [0.29, 0.717) is 5.82 Å². The van der Waals surface area contributed by atoms with E-state index in [4.69, 9.17) is 31.4 Å². The molecule has 51 heavy (non-hydrogen) atoms. The Kier molecular flexibility index (Phi) is 10.5. The summed E-state index contributed by atoms with van der Waals surface area (Å²) in [6, 6.07) is 1.23. The fourth-order valence-electron chi connectivity index (χ4n) is 9.08. The molecule has 0 aliphatic heterocycles. The van der Waals surface area contributed by atoms with Crippen LogP contribution in [0.15, 0.2) is 34.2 Å². The second-order valence-electron chi connectivity index (χ2n) is 14.8. The number of ether oxygens (including phenoxy) is 1. The van der Waals surface area contributed by atoms with Crippen LogP contribution in [0.3, 0.4) is 0 Å². The van der Waals surface area contributed by atoms with E-state index < -0.39 is 36.1 Å². The van der Waals surface area contributed by atoms with Gasteiger partial charge < -0.3 is 47.2 Å². The summed E-state index contributed by atoms with van der Waals surface area (Å²) in [6.45, 7) is 3.57. The normalized spacial score (nSPS) is 23.6. The van der Waals surface area contributed by atoms with Crippen LogP contribution in [0.25, 0.3) is 0 Å². The van der Waals surface area contributed by atoms with Crippen LogP contribution in [-0.4, -0.2) is 67.8 Å². The van der Waals surface area contributed by atoms with Crippen LogP contribution in [0.2, 0.25) is 0 Å². The van der Waals surface area contributed by atoms with E-state index in [1.165, 1.54) is 38.5 Å². The molecule has 3 amide bonds. The van der Waals surface area contributed by atoms with Gasteiger partial charge in [0.2, 0.25) is 11.8 Å². The monoisotopic (exact) mass is 704 g/mol. The fourth-order valence-corrected chi connectivity index (χ4v) is 9.08. The number of rotatable bonds is 15. The highest BCUT2D eigenvalue weighted by molar-refractivity contribution is 5.90. The highest BCUT2D eigenvalue weighted by Crippen LogP contribution is 2.60. The molecule has 0 saturated heterocycles. The average Bonchev–Trinajstić information content (AvgIpc) is 3.72. The molecular weight excluding hydrogens is 656 g/mol. The highest BCUT2D eigenvalue weighted by Gasteiger charge is 2.51. The van der Waals surface area contributed by atoms with Crippen LogP contribution in [0.5, 0.6) is 5.75 Å². The number of imidazole rings is 1. The van der Waals surface area contributed by atoms with Gasteiger partial charge in [-0.05, 0) is 104 Å². The molecule has 16 nitrogen and oxygen atoms in total. The molecule has 3 unspecified atom stereocenters. The van der Waals surface area contributed by atoms with Crippen molar-refractivity contribution in [2.75, 3.05) is 6.54 Å². The summed E-state index contributed by atoms with van der Waals surface area (Å²) in [5.41, 5.74) is 19.2. The molecule has 3 atom stereocenters. The molecule has 16 heteroatoms. The lowest BCUT2D eigenvalue weighted by Gasteiger charge is -2.56. The smallest absolute Gasteiger partial charge is 0.405 e. The first-order valence-electron chi connectivity index (χ1n) is 17.6. The summed E-state index contributed by atoms with van der Waals surface area (Å²) in [5.74, 6) is 1.77. The molecular formula is C35H48N10O6. The van der Waals surface area contributed by atoms with Crippen LogP contribution >= 0.6 is 0 Å². The Morgan fingerprint density at radius 2 is 1.71 bits per heavy atom. The van der Waals surface area contributed by atoms with Gasteiger partial charge in [0.05, 0.1) is 6.33 Å². The lowest BCUT2D eigenvalue weighted by atomic mass is 9.49. The minimum Gasteiger partial charge on any atom is -0.508 e. The summed E-state index contributed by atoms with van der Waals surface area (Å²) in [6.07, 6.45) is 9.18. The number of benzene rings is 1. The maximum absolute atomic E-state index is 14.3. The zero-order chi connectivity index (χ0) is 36.3. The first-order chi connectivity index (χ1) is 24.3. The topological polar surface area (TPSA) is 263 Å². The zero-order valence-electron chi connectivity index (χ0n) is 29.1. The van der Waals surface area contributed by atoms with Crippen LogP contribution < -0.4 is 27.8 Å². The molecule has 4 saturated carbocycles.